The molecule has 3 aromatic rings. The quantitative estimate of drug-likeness (QED) is 0.753. The van der Waals surface area contributed by atoms with Crippen LogP contribution in [0.4, 0.5) is 0 Å². The molecule has 118 valence electrons. The fraction of sp³-hybridized carbons (Fsp3) is 0.250. The largest absolute Gasteiger partial charge is 0.342 e. The molecular formula is C16H17N5OS. The molecule has 7 heteroatoms. The van der Waals surface area contributed by atoms with Crippen LogP contribution < -0.4 is 5.32 Å². The highest BCUT2D eigenvalue weighted by Crippen LogP contribution is 2.19. The molecule has 2 heterocycles. The van der Waals surface area contributed by atoms with Crippen LogP contribution >= 0.6 is 11.3 Å². The Kier molecular flexibility index (Phi) is 4.47. The number of thiazole rings is 1. The van der Waals surface area contributed by atoms with Crippen LogP contribution in [0.15, 0.2) is 35.7 Å². The van der Waals surface area contributed by atoms with Crippen molar-refractivity contribution in [3.8, 4) is 0 Å². The van der Waals surface area contributed by atoms with E-state index in [1.54, 1.807) is 11.3 Å². The summed E-state index contributed by atoms with van der Waals surface area (Å²) in [5, 5.41) is 12.9. The number of nitrogens with zero attached hydrogens (tertiary/aromatic N) is 3. The Hall–Kier alpha value is -2.54. The van der Waals surface area contributed by atoms with Crippen LogP contribution in [0.1, 0.15) is 34.0 Å². The summed E-state index contributed by atoms with van der Waals surface area (Å²) in [5.74, 6) is 1.16. The second-order valence-corrected chi connectivity index (χ2v) is 6.29. The van der Waals surface area contributed by atoms with Gasteiger partial charge in [-0.25, -0.2) is 9.97 Å². The van der Waals surface area contributed by atoms with Gasteiger partial charge < -0.3 is 5.32 Å². The zero-order chi connectivity index (χ0) is 16.2. The summed E-state index contributed by atoms with van der Waals surface area (Å²) in [4.78, 5) is 21.1. The lowest BCUT2D eigenvalue weighted by molar-refractivity contribution is -0.121. The van der Waals surface area contributed by atoms with Gasteiger partial charge in [-0.05, 0) is 19.4 Å². The van der Waals surface area contributed by atoms with Gasteiger partial charge in [0.15, 0.2) is 5.82 Å². The maximum absolute atomic E-state index is 12.4. The van der Waals surface area contributed by atoms with E-state index in [1.807, 2.05) is 49.6 Å². The van der Waals surface area contributed by atoms with Crippen molar-refractivity contribution in [1.82, 2.24) is 25.5 Å². The summed E-state index contributed by atoms with van der Waals surface area (Å²) in [6, 6.07) is 9.31. The number of hydrogen-bond acceptors (Lipinski definition) is 5. The van der Waals surface area contributed by atoms with Crippen LogP contribution in [0.2, 0.25) is 0 Å². The van der Waals surface area contributed by atoms with E-state index in [0.717, 1.165) is 16.3 Å². The van der Waals surface area contributed by atoms with E-state index < -0.39 is 0 Å². The number of amides is 1. The molecule has 0 bridgehead atoms. The lowest BCUT2D eigenvalue weighted by atomic mass is 10.1. The first-order valence-electron chi connectivity index (χ1n) is 7.26. The maximum Gasteiger partial charge on any atom is 0.226 e. The van der Waals surface area contributed by atoms with E-state index in [1.165, 1.54) is 0 Å². The molecule has 3 rings (SSSR count). The predicted octanol–water partition coefficient (Wildman–Crippen LogP) is 2.33. The standard InChI is InChI=1S/C16H17N5OS/c1-10-17-16(21-20-10)15(12-6-4-3-5-7-12)19-14(22)8-13-9-23-11(2)18-13/h3-7,9,15H,8H2,1-2H3,(H,19,22)(H,17,20,21). The molecule has 0 aliphatic heterocycles. The number of rotatable bonds is 5. The second kappa shape index (κ2) is 6.70. The van der Waals surface area contributed by atoms with Crippen molar-refractivity contribution in [2.75, 3.05) is 0 Å². The molecule has 2 aromatic heterocycles. The van der Waals surface area contributed by atoms with Crippen LogP contribution in [0.25, 0.3) is 0 Å². The Balaban J connectivity index is 1.80. The van der Waals surface area contributed by atoms with E-state index >= 15 is 0 Å². The lowest BCUT2D eigenvalue weighted by Gasteiger charge is -2.16. The van der Waals surface area contributed by atoms with Crippen molar-refractivity contribution in [2.45, 2.75) is 26.3 Å². The van der Waals surface area contributed by atoms with Crippen LogP contribution in [-0.4, -0.2) is 26.1 Å². The summed E-state index contributed by atoms with van der Waals surface area (Å²) in [6.07, 6.45) is 0.247. The summed E-state index contributed by atoms with van der Waals surface area (Å²) in [5.41, 5.74) is 1.72. The zero-order valence-corrected chi connectivity index (χ0v) is 13.7. The maximum atomic E-state index is 12.4. The van der Waals surface area contributed by atoms with Crippen LogP contribution in [-0.2, 0) is 11.2 Å². The molecule has 0 radical (unpaired) electrons. The third kappa shape index (κ3) is 3.81. The third-order valence-electron chi connectivity index (χ3n) is 3.32. The Labute approximate surface area is 138 Å². The Morgan fingerprint density at radius 1 is 1.26 bits per heavy atom. The van der Waals surface area contributed by atoms with Gasteiger partial charge in [-0.1, -0.05) is 30.3 Å². The highest BCUT2D eigenvalue weighted by atomic mass is 32.1. The average Bonchev–Trinajstić information content (AvgIpc) is 3.14. The molecule has 1 aromatic carbocycles. The first-order chi connectivity index (χ1) is 11.1. The van der Waals surface area contributed by atoms with Crippen molar-refractivity contribution in [3.63, 3.8) is 0 Å². The number of hydrogen-bond donors (Lipinski definition) is 2. The molecule has 23 heavy (non-hydrogen) atoms. The molecule has 6 nitrogen and oxygen atoms in total. The van der Waals surface area contributed by atoms with Crippen molar-refractivity contribution in [2.24, 2.45) is 0 Å². The minimum Gasteiger partial charge on any atom is -0.342 e. The van der Waals surface area contributed by atoms with Crippen molar-refractivity contribution in [3.05, 3.63) is 63.6 Å². The number of carbonyl (C=O) groups is 1. The average molecular weight is 327 g/mol. The van der Waals surface area contributed by atoms with E-state index in [-0.39, 0.29) is 18.4 Å². The smallest absolute Gasteiger partial charge is 0.226 e. The van der Waals surface area contributed by atoms with Crippen LogP contribution in [0.3, 0.4) is 0 Å². The van der Waals surface area contributed by atoms with Crippen LogP contribution in [0, 0.1) is 13.8 Å². The van der Waals surface area contributed by atoms with Crippen molar-refractivity contribution < 1.29 is 4.79 Å². The van der Waals surface area contributed by atoms with E-state index in [4.69, 9.17) is 0 Å². The Morgan fingerprint density at radius 3 is 2.65 bits per heavy atom. The third-order valence-corrected chi connectivity index (χ3v) is 4.14. The number of aromatic nitrogens is 4. The summed E-state index contributed by atoms with van der Waals surface area (Å²) < 4.78 is 0. The predicted molar refractivity (Wildman–Crippen MR) is 88.1 cm³/mol. The number of aryl methyl sites for hydroxylation is 2. The lowest BCUT2D eigenvalue weighted by Crippen LogP contribution is -2.31. The minimum atomic E-state index is -0.381. The number of H-pyrrole nitrogens is 1. The van der Waals surface area contributed by atoms with Gasteiger partial charge in [0.05, 0.1) is 17.1 Å². The molecule has 0 saturated carbocycles. The number of nitrogens with one attached hydrogen (secondary N) is 2. The van der Waals surface area contributed by atoms with Gasteiger partial charge in [0, 0.05) is 5.38 Å². The van der Waals surface area contributed by atoms with Crippen molar-refractivity contribution >= 4 is 17.2 Å². The molecule has 0 fully saturated rings. The first-order valence-corrected chi connectivity index (χ1v) is 8.14. The summed E-state index contributed by atoms with van der Waals surface area (Å²) >= 11 is 1.54. The zero-order valence-electron chi connectivity index (χ0n) is 12.9. The molecule has 0 spiro atoms. The van der Waals surface area contributed by atoms with Gasteiger partial charge in [-0.3, -0.25) is 9.89 Å². The normalized spacial score (nSPS) is 12.1. The summed E-state index contributed by atoms with van der Waals surface area (Å²) in [6.45, 7) is 3.76. The fourth-order valence-corrected chi connectivity index (χ4v) is 2.91. The van der Waals surface area contributed by atoms with Gasteiger partial charge in [0.2, 0.25) is 5.91 Å². The summed E-state index contributed by atoms with van der Waals surface area (Å²) in [7, 11) is 0. The second-order valence-electron chi connectivity index (χ2n) is 5.22. The monoisotopic (exact) mass is 327 g/mol. The molecular weight excluding hydrogens is 310 g/mol. The Bertz CT molecular complexity index is 796. The number of benzene rings is 1. The first kappa shape index (κ1) is 15.4. The Morgan fingerprint density at radius 2 is 2.04 bits per heavy atom. The van der Waals surface area contributed by atoms with Gasteiger partial charge in [-0.2, -0.15) is 5.10 Å². The van der Waals surface area contributed by atoms with E-state index in [2.05, 4.69) is 25.5 Å². The van der Waals surface area contributed by atoms with Gasteiger partial charge in [-0.15, -0.1) is 11.3 Å². The van der Waals surface area contributed by atoms with E-state index in [0.29, 0.717) is 11.6 Å². The molecule has 1 atom stereocenters. The topological polar surface area (TPSA) is 83.6 Å². The molecule has 2 N–H and O–H groups in total. The minimum absolute atomic E-state index is 0.105. The molecule has 1 amide bonds. The number of carbonyl (C=O) groups excluding carboxylic acids is 1. The molecule has 1 unspecified atom stereocenters. The SMILES string of the molecule is Cc1nc(C(NC(=O)Cc2csc(C)n2)c2ccccc2)n[nH]1. The van der Waals surface area contributed by atoms with Crippen LogP contribution in [0.5, 0.6) is 0 Å². The van der Waals surface area contributed by atoms with Gasteiger partial charge in [0.1, 0.15) is 11.9 Å². The molecule has 0 aliphatic rings. The molecule has 0 saturated heterocycles. The highest BCUT2D eigenvalue weighted by molar-refractivity contribution is 7.09. The van der Waals surface area contributed by atoms with E-state index in [9.17, 15) is 4.79 Å². The van der Waals surface area contributed by atoms with Crippen molar-refractivity contribution in [1.29, 1.82) is 0 Å². The number of aromatic amines is 1. The van der Waals surface area contributed by atoms with Gasteiger partial charge >= 0.3 is 0 Å². The van der Waals surface area contributed by atoms with Gasteiger partial charge in [0.25, 0.3) is 0 Å². The highest BCUT2D eigenvalue weighted by Gasteiger charge is 2.21. The molecule has 0 aliphatic carbocycles. The fourth-order valence-electron chi connectivity index (χ4n) is 2.30.